The van der Waals surface area contributed by atoms with E-state index >= 15 is 0 Å². The van der Waals surface area contributed by atoms with Crippen LogP contribution >= 0.6 is 11.3 Å². The average Bonchev–Trinajstić information content (AvgIpc) is 3.57. The number of piperidine rings is 1. The van der Waals surface area contributed by atoms with Gasteiger partial charge in [-0.2, -0.15) is 4.31 Å². The summed E-state index contributed by atoms with van der Waals surface area (Å²) in [6.07, 6.45) is 2.60. The molecule has 36 heavy (non-hydrogen) atoms. The Morgan fingerprint density at radius 3 is 2.75 bits per heavy atom. The van der Waals surface area contributed by atoms with E-state index in [0.29, 0.717) is 41.5 Å². The van der Waals surface area contributed by atoms with E-state index in [-0.39, 0.29) is 23.9 Å². The largest absolute Gasteiger partial charge is 0.494 e. The number of amides is 1. The number of carbonyl (C=O) groups is 1. The zero-order chi connectivity index (χ0) is 25.3. The number of nitrogens with zero attached hydrogens (tertiary/aromatic N) is 3. The summed E-state index contributed by atoms with van der Waals surface area (Å²) in [5, 5.41) is 0.481. The van der Waals surface area contributed by atoms with Gasteiger partial charge in [-0.05, 0) is 61.4 Å². The van der Waals surface area contributed by atoms with Gasteiger partial charge in [-0.25, -0.2) is 17.8 Å². The first-order valence-electron chi connectivity index (χ1n) is 11.4. The minimum absolute atomic E-state index is 0.00251. The first-order valence-corrected chi connectivity index (χ1v) is 13.7. The molecule has 4 aromatic rings. The molecule has 1 aliphatic heterocycles. The third kappa shape index (κ3) is 4.73. The SMILES string of the molecule is COc1cccc2sc(N(Cc3ccco3)C(=O)C3CCCN(S(=O)(=O)c4ccc(F)cc4)C3)nc12. The highest BCUT2D eigenvalue weighted by Gasteiger charge is 2.36. The zero-order valence-corrected chi connectivity index (χ0v) is 21.1. The third-order valence-electron chi connectivity index (χ3n) is 6.17. The number of hydrogen-bond acceptors (Lipinski definition) is 7. The van der Waals surface area contributed by atoms with Crippen molar-refractivity contribution in [3.05, 3.63) is 72.4 Å². The Bertz CT molecular complexity index is 1470. The molecule has 2 aromatic carbocycles. The number of furan rings is 1. The maximum absolute atomic E-state index is 13.9. The summed E-state index contributed by atoms with van der Waals surface area (Å²) >= 11 is 1.36. The molecule has 11 heteroatoms. The van der Waals surface area contributed by atoms with Crippen LogP contribution in [-0.2, 0) is 21.4 Å². The number of methoxy groups -OCH3 is 1. The number of thiazole rings is 1. The van der Waals surface area contributed by atoms with E-state index in [2.05, 4.69) is 0 Å². The first kappa shape index (κ1) is 24.4. The first-order chi connectivity index (χ1) is 17.4. The number of anilines is 1. The summed E-state index contributed by atoms with van der Waals surface area (Å²) in [6, 6.07) is 13.8. The standard InChI is InChI=1S/C25H24FN3O5S2/c1-33-21-7-2-8-22-23(21)27-25(35-22)29(16-19-6-4-14-34-19)24(30)17-5-3-13-28(15-17)36(31,32)20-11-9-18(26)10-12-20/h2,4,6-12,14,17H,3,5,13,15-16H2,1H3. The lowest BCUT2D eigenvalue weighted by Gasteiger charge is -2.33. The van der Waals surface area contributed by atoms with E-state index in [0.717, 1.165) is 16.8 Å². The Hall–Kier alpha value is -3.28. The summed E-state index contributed by atoms with van der Waals surface area (Å²) in [6.45, 7) is 0.483. The quantitative estimate of drug-likeness (QED) is 0.345. The van der Waals surface area contributed by atoms with Crippen molar-refractivity contribution < 1.29 is 26.8 Å². The van der Waals surface area contributed by atoms with Gasteiger partial charge in [-0.3, -0.25) is 9.69 Å². The fraction of sp³-hybridized carbons (Fsp3) is 0.280. The van der Waals surface area contributed by atoms with Gasteiger partial charge in [0, 0.05) is 13.1 Å². The van der Waals surface area contributed by atoms with Crippen LogP contribution in [-0.4, -0.2) is 43.8 Å². The summed E-state index contributed by atoms with van der Waals surface area (Å²) in [5.74, 6) is -0.126. The Morgan fingerprint density at radius 2 is 2.03 bits per heavy atom. The molecule has 1 fully saturated rings. The number of fused-ring (bicyclic) bond motifs is 1. The molecule has 2 aromatic heterocycles. The number of sulfonamides is 1. The smallest absolute Gasteiger partial charge is 0.243 e. The van der Waals surface area contributed by atoms with Crippen molar-refractivity contribution >= 4 is 42.6 Å². The van der Waals surface area contributed by atoms with Crippen molar-refractivity contribution in [2.24, 2.45) is 5.92 Å². The minimum Gasteiger partial charge on any atom is -0.494 e. The predicted molar refractivity (Wildman–Crippen MR) is 134 cm³/mol. The maximum atomic E-state index is 13.9. The molecule has 188 valence electrons. The van der Waals surface area contributed by atoms with Gasteiger partial charge < -0.3 is 9.15 Å². The molecule has 1 aliphatic rings. The van der Waals surface area contributed by atoms with Crippen LogP contribution in [0.3, 0.4) is 0 Å². The van der Waals surface area contributed by atoms with Gasteiger partial charge in [0.1, 0.15) is 22.8 Å². The van der Waals surface area contributed by atoms with Gasteiger partial charge in [0.15, 0.2) is 5.13 Å². The van der Waals surface area contributed by atoms with Gasteiger partial charge in [0.2, 0.25) is 15.9 Å². The second-order valence-electron chi connectivity index (χ2n) is 8.46. The fourth-order valence-electron chi connectivity index (χ4n) is 4.33. The van der Waals surface area contributed by atoms with E-state index in [4.69, 9.17) is 14.1 Å². The van der Waals surface area contributed by atoms with E-state index in [1.807, 2.05) is 18.2 Å². The third-order valence-corrected chi connectivity index (χ3v) is 9.09. The maximum Gasteiger partial charge on any atom is 0.243 e. The Balaban J connectivity index is 1.45. The van der Waals surface area contributed by atoms with Crippen LogP contribution in [0.2, 0.25) is 0 Å². The molecule has 5 rings (SSSR count). The number of benzene rings is 2. The van der Waals surface area contributed by atoms with Crippen molar-refractivity contribution in [1.29, 1.82) is 0 Å². The summed E-state index contributed by atoms with van der Waals surface area (Å²) < 4.78 is 52.8. The fourth-order valence-corrected chi connectivity index (χ4v) is 6.84. The predicted octanol–water partition coefficient (Wildman–Crippen LogP) is 4.67. The van der Waals surface area contributed by atoms with Gasteiger partial charge in [0.25, 0.3) is 0 Å². The molecule has 1 amide bonds. The average molecular weight is 530 g/mol. The molecular formula is C25H24FN3O5S2. The Labute approximate surface area is 212 Å². The van der Waals surface area contributed by atoms with Gasteiger partial charge >= 0.3 is 0 Å². The van der Waals surface area contributed by atoms with Crippen LogP contribution in [0, 0.1) is 11.7 Å². The lowest BCUT2D eigenvalue weighted by atomic mass is 9.98. The molecule has 3 heterocycles. The number of carbonyl (C=O) groups excluding carboxylic acids is 1. The van der Waals surface area contributed by atoms with Crippen LogP contribution in [0.25, 0.3) is 10.2 Å². The molecule has 1 saturated heterocycles. The van der Waals surface area contributed by atoms with Crippen molar-refractivity contribution in [2.75, 3.05) is 25.1 Å². The lowest BCUT2D eigenvalue weighted by Crippen LogP contribution is -2.46. The Kier molecular flexibility index (Phi) is 6.78. The molecule has 0 saturated carbocycles. The molecule has 0 bridgehead atoms. The number of aromatic nitrogens is 1. The van der Waals surface area contributed by atoms with Gasteiger partial charge in [0.05, 0.1) is 35.4 Å². The van der Waals surface area contributed by atoms with Crippen molar-refractivity contribution in [3.63, 3.8) is 0 Å². The Morgan fingerprint density at radius 1 is 1.22 bits per heavy atom. The second kappa shape index (κ2) is 10.00. The zero-order valence-electron chi connectivity index (χ0n) is 19.5. The van der Waals surface area contributed by atoms with Crippen molar-refractivity contribution in [3.8, 4) is 5.75 Å². The van der Waals surface area contributed by atoms with Gasteiger partial charge in [-0.15, -0.1) is 0 Å². The molecule has 0 N–H and O–H groups in total. The summed E-state index contributed by atoms with van der Waals surface area (Å²) in [5.41, 5.74) is 0.654. The minimum atomic E-state index is -3.87. The highest BCUT2D eigenvalue weighted by molar-refractivity contribution is 7.89. The van der Waals surface area contributed by atoms with E-state index in [1.165, 1.54) is 34.0 Å². The van der Waals surface area contributed by atoms with E-state index < -0.39 is 21.8 Å². The molecule has 1 unspecified atom stereocenters. The summed E-state index contributed by atoms with van der Waals surface area (Å²) in [7, 11) is -2.30. The number of halogens is 1. The second-order valence-corrected chi connectivity index (χ2v) is 11.4. The van der Waals surface area contributed by atoms with Crippen molar-refractivity contribution in [1.82, 2.24) is 9.29 Å². The number of ether oxygens (including phenoxy) is 1. The van der Waals surface area contributed by atoms with Gasteiger partial charge in [-0.1, -0.05) is 17.4 Å². The molecule has 0 radical (unpaired) electrons. The lowest BCUT2D eigenvalue weighted by molar-refractivity contribution is -0.123. The van der Waals surface area contributed by atoms with Crippen LogP contribution < -0.4 is 9.64 Å². The number of hydrogen-bond donors (Lipinski definition) is 0. The van der Waals surface area contributed by atoms with Crippen LogP contribution in [0.4, 0.5) is 9.52 Å². The van der Waals surface area contributed by atoms with Crippen LogP contribution in [0.5, 0.6) is 5.75 Å². The highest BCUT2D eigenvalue weighted by Crippen LogP contribution is 2.36. The van der Waals surface area contributed by atoms with Crippen LogP contribution in [0.1, 0.15) is 18.6 Å². The highest BCUT2D eigenvalue weighted by atomic mass is 32.2. The summed E-state index contributed by atoms with van der Waals surface area (Å²) in [4.78, 5) is 20.1. The molecular weight excluding hydrogens is 505 g/mol. The molecule has 1 atom stereocenters. The number of para-hydroxylation sites is 1. The monoisotopic (exact) mass is 529 g/mol. The van der Waals surface area contributed by atoms with Crippen molar-refractivity contribution in [2.45, 2.75) is 24.3 Å². The molecule has 0 spiro atoms. The molecule has 8 nitrogen and oxygen atoms in total. The van der Waals surface area contributed by atoms with Crippen LogP contribution in [0.15, 0.2) is 70.2 Å². The topological polar surface area (TPSA) is 93.0 Å². The normalized spacial score (nSPS) is 16.8. The molecule has 0 aliphatic carbocycles. The van der Waals surface area contributed by atoms with E-state index in [9.17, 15) is 17.6 Å². The van der Waals surface area contributed by atoms with E-state index in [1.54, 1.807) is 24.1 Å². The number of rotatable bonds is 7.